The summed E-state index contributed by atoms with van der Waals surface area (Å²) < 4.78 is -1.08. The highest BCUT2D eigenvalue weighted by Crippen LogP contribution is 2.85. The van der Waals surface area contributed by atoms with Crippen molar-refractivity contribution in [2.45, 2.75) is 71.0 Å². The van der Waals surface area contributed by atoms with Gasteiger partial charge in [-0.25, -0.2) is 0 Å². The van der Waals surface area contributed by atoms with Crippen LogP contribution in [-0.2, 0) is 12.2 Å². The molecule has 0 saturated carbocycles. The monoisotopic (exact) mass is 1020 g/mol. The van der Waals surface area contributed by atoms with Gasteiger partial charge in [0.1, 0.15) is 12.2 Å². The Morgan fingerprint density at radius 3 is 0.635 bits per heavy atom. The van der Waals surface area contributed by atoms with E-state index >= 15 is 0 Å². The predicted molar refractivity (Wildman–Crippen MR) is 281 cm³/mol. The zero-order chi connectivity index (χ0) is 40.8. The van der Waals surface area contributed by atoms with Crippen molar-refractivity contribution in [1.82, 2.24) is 0 Å². The molecule has 0 aromatic heterocycles. The van der Waals surface area contributed by atoms with Crippen molar-refractivity contribution < 1.29 is 0 Å². The van der Waals surface area contributed by atoms with Gasteiger partial charge in [0.25, 0.3) is 0 Å². The number of hydrogen-bond acceptors (Lipinski definition) is 12. The first-order valence-corrected chi connectivity index (χ1v) is 30.2. The zero-order valence-electron chi connectivity index (χ0n) is 32.3. The van der Waals surface area contributed by atoms with E-state index in [4.69, 9.17) is 0 Å². The molecule has 0 nitrogen and oxygen atoms in total. The van der Waals surface area contributed by atoms with E-state index < -0.39 is 0 Å². The first-order chi connectivity index (χ1) is 31.1. The molecule has 0 amide bonds. The summed E-state index contributed by atoms with van der Waals surface area (Å²) in [7, 11) is 0. The first kappa shape index (κ1) is 38.0. The highest BCUT2D eigenvalue weighted by atomic mass is 32.2. The Bertz CT molecular complexity index is 3000. The second-order valence-electron chi connectivity index (χ2n) is 16.0. The summed E-state index contributed by atoms with van der Waals surface area (Å²) in [6, 6.07) is 55.3. The topological polar surface area (TPSA) is 0 Å². The van der Waals surface area contributed by atoms with Crippen molar-refractivity contribution in [1.29, 1.82) is 0 Å². The van der Waals surface area contributed by atoms with Crippen LogP contribution in [-0.4, -0.2) is 0 Å². The van der Waals surface area contributed by atoms with Gasteiger partial charge in [-0.05, 0) is 72.8 Å². The standard InChI is InChI=1S/C51H24S12/c1-4-16-28-25(13-1)52-43-37-40(49(46(43)55-28)58-31-19-7-8-20-32(31)59-49)38-42(51(62-35-23-11-12-24-36(35)63-51)48-44(38)53-27-15-3-6-18-30(27)57-48)39-41(37)50(60-33-21-9-10-22-34(33)61-50)47-45(39)54-26-14-2-5-17-29(26)56-47/h1-24H. The van der Waals surface area contributed by atoms with Gasteiger partial charge in [0.05, 0.1) is 0 Å². The van der Waals surface area contributed by atoms with Gasteiger partial charge < -0.3 is 0 Å². The van der Waals surface area contributed by atoms with Crippen LogP contribution < -0.4 is 0 Å². The molecule has 6 aliphatic heterocycles. The van der Waals surface area contributed by atoms with E-state index in [1.54, 1.807) is 0 Å². The van der Waals surface area contributed by atoms with Gasteiger partial charge in [-0.15, -0.1) is 0 Å². The highest BCUT2D eigenvalue weighted by molar-refractivity contribution is 8.24. The van der Waals surface area contributed by atoms with Crippen LogP contribution in [0.25, 0.3) is 14.7 Å². The lowest BCUT2D eigenvalue weighted by molar-refractivity contribution is 1.06. The van der Waals surface area contributed by atoms with Crippen molar-refractivity contribution in [3.8, 4) is 0 Å². The molecule has 9 aliphatic rings. The molecule has 7 aromatic rings. The number of thioether (sulfide) groups is 12. The fourth-order valence-electron chi connectivity index (χ4n) is 10.1. The Balaban J connectivity index is 1.09. The maximum atomic E-state index is 2.38. The molecule has 6 heterocycles. The van der Waals surface area contributed by atoms with Crippen LogP contribution >= 0.6 is 141 Å². The average molecular weight is 1020 g/mol. The molecular formula is C51H24S12. The Morgan fingerprint density at radius 1 is 0.222 bits per heavy atom. The fourth-order valence-corrected chi connectivity index (χ4v) is 29.3. The molecule has 16 rings (SSSR count). The largest absolute Gasteiger partial charge is 0.129 e. The molecule has 0 N–H and O–H groups in total. The molecule has 7 aromatic carbocycles. The third kappa shape index (κ3) is 4.94. The molecule has 0 fully saturated rings. The van der Waals surface area contributed by atoms with E-state index in [0.29, 0.717) is 0 Å². The maximum absolute atomic E-state index is 2.38. The smallest absolute Gasteiger partial charge is 0.0963 e. The van der Waals surface area contributed by atoms with Gasteiger partial charge in [0.15, 0.2) is 0 Å². The van der Waals surface area contributed by atoms with Crippen molar-refractivity contribution in [2.75, 3.05) is 0 Å². The second kappa shape index (κ2) is 13.6. The minimum atomic E-state index is -0.361. The predicted octanol–water partition coefficient (Wildman–Crippen LogP) is 18.6. The first-order valence-electron chi connectivity index (χ1n) is 20.4. The van der Waals surface area contributed by atoms with Crippen molar-refractivity contribution in [3.05, 3.63) is 194 Å². The number of hydrogen-bond donors (Lipinski definition) is 0. The molecule has 300 valence electrons. The van der Waals surface area contributed by atoms with E-state index in [-0.39, 0.29) is 12.2 Å². The van der Waals surface area contributed by atoms with Gasteiger partial charge in [-0.3, -0.25) is 0 Å². The van der Waals surface area contributed by atoms with Crippen LogP contribution in [0.5, 0.6) is 0 Å². The number of benzene rings is 7. The number of fused-ring (bicyclic) bond motifs is 21. The summed E-state index contributed by atoms with van der Waals surface area (Å²) in [6.45, 7) is 0. The third-order valence-electron chi connectivity index (χ3n) is 12.6. The zero-order valence-corrected chi connectivity index (χ0v) is 42.1. The number of rotatable bonds is 0. The van der Waals surface area contributed by atoms with E-state index in [1.807, 2.05) is 70.6 Å². The Kier molecular flexibility index (Phi) is 8.18. The highest BCUT2D eigenvalue weighted by Gasteiger charge is 2.66. The van der Waals surface area contributed by atoms with E-state index in [0.717, 1.165) is 0 Å². The lowest BCUT2D eigenvalue weighted by Crippen LogP contribution is -2.23. The van der Waals surface area contributed by atoms with Crippen LogP contribution in [0.2, 0.25) is 0 Å². The summed E-state index contributed by atoms with van der Waals surface area (Å²) in [5, 5.41) is 0. The van der Waals surface area contributed by atoms with Crippen LogP contribution in [0.4, 0.5) is 0 Å². The molecular weight excluding hydrogens is 997 g/mol. The van der Waals surface area contributed by atoms with E-state index in [9.17, 15) is 0 Å². The molecule has 63 heavy (non-hydrogen) atoms. The molecule has 0 radical (unpaired) electrons. The SMILES string of the molecule is c1ccc2c(c1)SC1=C(S2)C2(Sc3ccccc3S2)c2c1c1c(c3c2C2=C(Sc4ccccc4S2)C32Sc3ccccc3S2)C2=C(Sc3ccccc3S2)C12Sc1ccccc1S2. The van der Waals surface area contributed by atoms with Gasteiger partial charge in [0, 0.05) is 122 Å². The molecule has 12 heteroatoms. The van der Waals surface area contributed by atoms with Crippen LogP contribution in [0.3, 0.4) is 0 Å². The molecule has 0 atom stereocenters. The average Bonchev–Trinajstić information content (AvgIpc) is 4.16. The van der Waals surface area contributed by atoms with Crippen LogP contribution in [0, 0.1) is 0 Å². The quantitative estimate of drug-likeness (QED) is 0.142. The van der Waals surface area contributed by atoms with Gasteiger partial charge in [-0.1, -0.05) is 214 Å². The van der Waals surface area contributed by atoms with Crippen LogP contribution in [0.1, 0.15) is 33.4 Å². The Hall–Kier alpha value is -2.04. The van der Waals surface area contributed by atoms with Gasteiger partial charge >= 0.3 is 0 Å². The van der Waals surface area contributed by atoms with Crippen molar-refractivity contribution in [3.63, 3.8) is 0 Å². The lowest BCUT2D eigenvalue weighted by atomic mass is 9.88. The molecule has 3 aliphatic carbocycles. The molecule has 0 bridgehead atoms. The Labute approximate surface area is 415 Å². The van der Waals surface area contributed by atoms with Gasteiger partial charge in [-0.2, -0.15) is 0 Å². The third-order valence-corrected chi connectivity index (χ3v) is 31.1. The molecule has 0 saturated heterocycles. The van der Waals surface area contributed by atoms with Crippen LogP contribution in [0.15, 0.2) is 219 Å². The van der Waals surface area contributed by atoms with Crippen molar-refractivity contribution in [2.24, 2.45) is 0 Å². The molecule has 0 unspecified atom stereocenters. The minimum Gasteiger partial charge on any atom is -0.0963 e. The van der Waals surface area contributed by atoms with E-state index in [1.165, 1.54) is 122 Å². The summed E-state index contributed by atoms with van der Waals surface area (Å²) in [5.41, 5.74) is 9.13. The minimum absolute atomic E-state index is 0.361. The summed E-state index contributed by atoms with van der Waals surface area (Å²) in [4.78, 5) is 25.5. The van der Waals surface area contributed by atoms with Crippen molar-refractivity contribution >= 4 is 156 Å². The summed E-state index contributed by atoms with van der Waals surface area (Å²) in [6.07, 6.45) is 0. The molecule has 3 spiro atoms. The Morgan fingerprint density at radius 2 is 0.413 bits per heavy atom. The normalized spacial score (nSPS) is 20.8. The fraction of sp³-hybridized carbons (Fsp3) is 0.0588. The summed E-state index contributed by atoms with van der Waals surface area (Å²) >= 11 is 25.0. The van der Waals surface area contributed by atoms with Gasteiger partial charge in [0.2, 0.25) is 0 Å². The van der Waals surface area contributed by atoms with E-state index in [2.05, 4.69) is 216 Å². The summed E-state index contributed by atoms with van der Waals surface area (Å²) in [5.74, 6) is 0. The maximum Gasteiger partial charge on any atom is 0.129 e. The lowest BCUT2D eigenvalue weighted by Gasteiger charge is -2.34. The second-order valence-corrected chi connectivity index (χ2v) is 30.6.